The summed E-state index contributed by atoms with van der Waals surface area (Å²) in [7, 11) is 0. The topological polar surface area (TPSA) is 41.9 Å². The number of oxime groups is 1. The fourth-order valence-electron chi connectivity index (χ4n) is 3.48. The number of halogens is 1. The van der Waals surface area contributed by atoms with Crippen LogP contribution in [0.2, 0.25) is 0 Å². The molecule has 0 aromatic heterocycles. The van der Waals surface area contributed by atoms with Gasteiger partial charge in [-0.05, 0) is 43.5 Å². The monoisotopic (exact) mass is 398 g/mol. The molecular weight excluding hydrogens is 380 g/mol. The molecule has 0 aliphatic carbocycles. The fraction of sp³-hybridized carbons (Fsp3) is 0.300. The predicted molar refractivity (Wildman–Crippen MR) is 102 cm³/mol. The first-order valence-corrected chi connectivity index (χ1v) is 9.30. The van der Waals surface area contributed by atoms with E-state index in [0.717, 1.165) is 40.8 Å². The Morgan fingerprint density at radius 3 is 3.00 bits per heavy atom. The third-order valence-corrected chi connectivity index (χ3v) is 5.22. The van der Waals surface area contributed by atoms with Crippen LogP contribution >= 0.6 is 15.9 Å². The van der Waals surface area contributed by atoms with Crippen LogP contribution in [0.1, 0.15) is 29.5 Å². The Morgan fingerprint density at radius 2 is 2.16 bits per heavy atom. The van der Waals surface area contributed by atoms with E-state index in [2.05, 4.69) is 40.1 Å². The van der Waals surface area contributed by atoms with Crippen LogP contribution in [0.3, 0.4) is 0 Å². The van der Waals surface area contributed by atoms with Crippen molar-refractivity contribution in [3.63, 3.8) is 0 Å². The number of benzene rings is 2. The molecule has 1 amide bonds. The van der Waals surface area contributed by atoms with Gasteiger partial charge >= 0.3 is 0 Å². The third-order valence-electron chi connectivity index (χ3n) is 4.72. The highest BCUT2D eigenvalue weighted by atomic mass is 79.9. The lowest BCUT2D eigenvalue weighted by atomic mass is 9.98. The van der Waals surface area contributed by atoms with Gasteiger partial charge in [0.2, 0.25) is 6.10 Å². The lowest BCUT2D eigenvalue weighted by Gasteiger charge is -2.31. The summed E-state index contributed by atoms with van der Waals surface area (Å²) in [6.07, 6.45) is 1.97. The van der Waals surface area contributed by atoms with Crippen LogP contribution in [-0.4, -0.2) is 24.3 Å². The van der Waals surface area contributed by atoms with Crippen LogP contribution in [0.25, 0.3) is 0 Å². The van der Waals surface area contributed by atoms with Crippen LogP contribution in [0.5, 0.6) is 0 Å². The second-order valence-electron chi connectivity index (χ2n) is 6.57. The van der Waals surface area contributed by atoms with Crippen LogP contribution in [-0.2, 0) is 16.1 Å². The number of hydrogen-bond acceptors (Lipinski definition) is 3. The second kappa shape index (κ2) is 6.64. The molecule has 2 aromatic carbocycles. The molecule has 2 aliphatic rings. The first-order valence-electron chi connectivity index (χ1n) is 8.51. The van der Waals surface area contributed by atoms with Crippen molar-refractivity contribution in [1.29, 1.82) is 0 Å². The van der Waals surface area contributed by atoms with E-state index in [-0.39, 0.29) is 5.91 Å². The summed E-state index contributed by atoms with van der Waals surface area (Å²) in [5.74, 6) is -0.00134. The molecule has 1 atom stereocenters. The molecule has 25 heavy (non-hydrogen) atoms. The SMILES string of the molecule is Cc1ccc2c(c1)CCCN2C(=O)[C@H]1CC(c2cccc(Br)c2)=NO1. The van der Waals surface area contributed by atoms with Gasteiger partial charge in [-0.25, -0.2) is 0 Å². The van der Waals surface area contributed by atoms with Crippen LogP contribution in [0, 0.1) is 6.92 Å². The maximum Gasteiger partial charge on any atom is 0.271 e. The van der Waals surface area contributed by atoms with E-state index >= 15 is 0 Å². The van der Waals surface area contributed by atoms with Gasteiger partial charge in [-0.2, -0.15) is 0 Å². The smallest absolute Gasteiger partial charge is 0.271 e. The zero-order valence-electron chi connectivity index (χ0n) is 14.0. The largest absolute Gasteiger partial charge is 0.382 e. The van der Waals surface area contributed by atoms with E-state index < -0.39 is 6.10 Å². The number of anilines is 1. The molecular formula is C20H19BrN2O2. The van der Waals surface area contributed by atoms with Crippen LogP contribution < -0.4 is 4.90 Å². The molecule has 2 heterocycles. The maximum atomic E-state index is 13.0. The van der Waals surface area contributed by atoms with Crippen molar-refractivity contribution in [2.75, 3.05) is 11.4 Å². The molecule has 2 aromatic rings. The average molecular weight is 399 g/mol. The number of carbonyl (C=O) groups is 1. The van der Waals surface area contributed by atoms with Gasteiger partial charge in [0, 0.05) is 28.7 Å². The van der Waals surface area contributed by atoms with E-state index in [1.165, 1.54) is 11.1 Å². The fourth-order valence-corrected chi connectivity index (χ4v) is 3.88. The number of aryl methyl sites for hydroxylation is 2. The van der Waals surface area contributed by atoms with Crippen molar-refractivity contribution in [1.82, 2.24) is 0 Å². The number of carbonyl (C=O) groups excluding carboxylic acids is 1. The van der Waals surface area contributed by atoms with E-state index in [1.807, 2.05) is 35.2 Å². The number of fused-ring (bicyclic) bond motifs is 1. The van der Waals surface area contributed by atoms with Gasteiger partial charge in [-0.15, -0.1) is 0 Å². The first-order chi connectivity index (χ1) is 12.1. The number of rotatable bonds is 2. The molecule has 0 saturated carbocycles. The third kappa shape index (κ3) is 3.21. The molecule has 5 heteroatoms. The first kappa shape index (κ1) is 16.3. The highest BCUT2D eigenvalue weighted by molar-refractivity contribution is 9.10. The Kier molecular flexibility index (Phi) is 4.34. The van der Waals surface area contributed by atoms with E-state index in [0.29, 0.717) is 6.42 Å². The summed E-state index contributed by atoms with van der Waals surface area (Å²) in [6, 6.07) is 14.2. The van der Waals surface area contributed by atoms with Crippen molar-refractivity contribution in [3.05, 3.63) is 63.6 Å². The van der Waals surface area contributed by atoms with E-state index in [1.54, 1.807) is 0 Å². The van der Waals surface area contributed by atoms with Gasteiger partial charge in [0.1, 0.15) is 0 Å². The number of amides is 1. The summed E-state index contributed by atoms with van der Waals surface area (Å²) in [5, 5.41) is 4.16. The summed E-state index contributed by atoms with van der Waals surface area (Å²) in [5.41, 5.74) is 5.29. The Hall–Kier alpha value is -2.14. The molecule has 0 N–H and O–H groups in total. The molecule has 2 aliphatic heterocycles. The minimum absolute atomic E-state index is 0.00134. The zero-order chi connectivity index (χ0) is 17.4. The summed E-state index contributed by atoms with van der Waals surface area (Å²) >= 11 is 3.47. The van der Waals surface area contributed by atoms with Crippen molar-refractivity contribution in [2.24, 2.45) is 5.16 Å². The summed E-state index contributed by atoms with van der Waals surface area (Å²) < 4.78 is 0.989. The number of hydrogen-bond donors (Lipinski definition) is 0. The molecule has 4 nitrogen and oxygen atoms in total. The molecule has 0 radical (unpaired) electrons. The normalized spacial score (nSPS) is 19.2. The molecule has 0 saturated heterocycles. The Morgan fingerprint density at radius 1 is 1.28 bits per heavy atom. The van der Waals surface area contributed by atoms with Gasteiger partial charge in [-0.1, -0.05) is 50.9 Å². The van der Waals surface area contributed by atoms with Crippen LogP contribution in [0.4, 0.5) is 5.69 Å². The second-order valence-corrected chi connectivity index (χ2v) is 7.49. The minimum Gasteiger partial charge on any atom is -0.382 e. The van der Waals surface area contributed by atoms with E-state index in [9.17, 15) is 4.79 Å². The molecule has 0 spiro atoms. The standard InChI is InChI=1S/C20H19BrN2O2/c1-13-7-8-18-15(10-13)5-3-9-23(18)20(24)19-12-17(22-25-19)14-4-2-6-16(21)11-14/h2,4,6-8,10-11,19H,3,5,9,12H2,1H3/t19-/m1/s1. The van der Waals surface area contributed by atoms with Gasteiger partial charge in [0.05, 0.1) is 5.71 Å². The van der Waals surface area contributed by atoms with Crippen molar-refractivity contribution in [3.8, 4) is 0 Å². The molecule has 0 bridgehead atoms. The Balaban J connectivity index is 1.52. The average Bonchev–Trinajstić information content (AvgIpc) is 3.10. The summed E-state index contributed by atoms with van der Waals surface area (Å²) in [4.78, 5) is 20.4. The highest BCUT2D eigenvalue weighted by Crippen LogP contribution is 2.30. The van der Waals surface area contributed by atoms with Gasteiger partial charge < -0.3 is 9.74 Å². The molecule has 128 valence electrons. The Labute approximate surface area is 155 Å². The minimum atomic E-state index is -0.541. The molecule has 0 fully saturated rings. The van der Waals surface area contributed by atoms with E-state index in [4.69, 9.17) is 4.84 Å². The van der Waals surface area contributed by atoms with Crippen molar-refractivity contribution >= 4 is 33.2 Å². The lowest BCUT2D eigenvalue weighted by molar-refractivity contribution is -0.128. The highest BCUT2D eigenvalue weighted by Gasteiger charge is 2.34. The molecule has 0 unspecified atom stereocenters. The summed E-state index contributed by atoms with van der Waals surface area (Å²) in [6.45, 7) is 2.82. The van der Waals surface area contributed by atoms with Gasteiger partial charge in [0.15, 0.2) is 0 Å². The zero-order valence-corrected chi connectivity index (χ0v) is 15.6. The van der Waals surface area contributed by atoms with Crippen molar-refractivity contribution < 1.29 is 9.63 Å². The quantitative estimate of drug-likeness (QED) is 0.759. The number of nitrogens with zero attached hydrogens (tertiary/aromatic N) is 2. The predicted octanol–water partition coefficient (Wildman–Crippen LogP) is 4.23. The molecule has 4 rings (SSSR count). The van der Waals surface area contributed by atoms with Crippen molar-refractivity contribution in [2.45, 2.75) is 32.3 Å². The Bertz CT molecular complexity index is 863. The van der Waals surface area contributed by atoms with Gasteiger partial charge in [0.25, 0.3) is 5.91 Å². The van der Waals surface area contributed by atoms with Crippen LogP contribution in [0.15, 0.2) is 52.1 Å². The maximum absolute atomic E-state index is 13.0. The van der Waals surface area contributed by atoms with Gasteiger partial charge in [-0.3, -0.25) is 4.79 Å². The lowest BCUT2D eigenvalue weighted by Crippen LogP contribution is -2.42.